The van der Waals surface area contributed by atoms with Crippen LogP contribution in [-0.4, -0.2) is 67.7 Å². The summed E-state index contributed by atoms with van der Waals surface area (Å²) in [5.74, 6) is -5.87. The third kappa shape index (κ3) is 5.22. The molecule has 12 heteroatoms. The van der Waals surface area contributed by atoms with Gasteiger partial charge in [-0.05, 0) is 6.92 Å². The largest absolute Gasteiger partial charge is 0.508 e. The Morgan fingerprint density at radius 3 is 2.52 bits per heavy atom. The summed E-state index contributed by atoms with van der Waals surface area (Å²) >= 11 is 0. The van der Waals surface area contributed by atoms with Crippen LogP contribution in [0.1, 0.15) is 28.4 Å². The van der Waals surface area contributed by atoms with Gasteiger partial charge >= 0.3 is 11.9 Å². The van der Waals surface area contributed by atoms with Gasteiger partial charge in [0.15, 0.2) is 0 Å². The number of benzene rings is 1. The van der Waals surface area contributed by atoms with Crippen LogP contribution in [0, 0.1) is 6.92 Å². The van der Waals surface area contributed by atoms with Gasteiger partial charge in [-0.3, -0.25) is 13.8 Å². The molecule has 0 aromatic heterocycles. The molecule has 1 aliphatic heterocycles. The van der Waals surface area contributed by atoms with Crippen molar-refractivity contribution in [1.82, 2.24) is 10.6 Å². The average Bonchev–Trinajstić information content (AvgIpc) is 2.61. The van der Waals surface area contributed by atoms with E-state index in [-0.39, 0.29) is 16.7 Å². The highest BCUT2D eigenvalue weighted by atomic mass is 32.2. The number of hydrogen-bond donors (Lipinski definition) is 5. The predicted octanol–water partition coefficient (Wildman–Crippen LogP) is -1.10. The number of aromatic hydroxyl groups is 2. The fraction of sp³-hybridized carbons (Fsp3) is 0.412. The predicted molar refractivity (Wildman–Crippen MR) is 98.7 cm³/mol. The van der Waals surface area contributed by atoms with E-state index in [1.165, 1.54) is 6.92 Å². The molecule has 1 heterocycles. The zero-order valence-corrected chi connectivity index (χ0v) is 16.4. The van der Waals surface area contributed by atoms with Crippen LogP contribution in [0.3, 0.4) is 0 Å². The van der Waals surface area contributed by atoms with Crippen molar-refractivity contribution in [2.45, 2.75) is 31.7 Å². The van der Waals surface area contributed by atoms with Gasteiger partial charge in [0.05, 0.1) is 17.1 Å². The quantitative estimate of drug-likeness (QED) is 0.365. The van der Waals surface area contributed by atoms with Crippen molar-refractivity contribution in [1.29, 1.82) is 0 Å². The maximum absolute atomic E-state index is 12.6. The Kier molecular flexibility index (Phi) is 6.80. The van der Waals surface area contributed by atoms with Gasteiger partial charge in [-0.1, -0.05) is 0 Å². The Morgan fingerprint density at radius 2 is 1.93 bits per heavy atom. The summed E-state index contributed by atoms with van der Waals surface area (Å²) < 4.78 is 17.6. The summed E-state index contributed by atoms with van der Waals surface area (Å²) in [7, 11) is -1.92. The average molecular weight is 428 g/mol. The second kappa shape index (κ2) is 8.90. The molecule has 3 atom stereocenters. The third-order valence-corrected chi connectivity index (χ3v) is 5.51. The third-order valence-electron chi connectivity index (χ3n) is 4.20. The highest BCUT2D eigenvalue weighted by Crippen LogP contribution is 2.33. The lowest BCUT2D eigenvalue weighted by atomic mass is 10.0. The molecule has 2 rings (SSSR count). The van der Waals surface area contributed by atoms with Crippen molar-refractivity contribution in [3.63, 3.8) is 0 Å². The summed E-state index contributed by atoms with van der Waals surface area (Å²) in [5.41, 5.74) is -0.284. The van der Waals surface area contributed by atoms with Gasteiger partial charge < -0.3 is 30.7 Å². The zero-order chi connectivity index (χ0) is 21.9. The zero-order valence-electron chi connectivity index (χ0n) is 15.6. The molecule has 158 valence electrons. The number of phenols is 2. The molecule has 0 bridgehead atoms. The van der Waals surface area contributed by atoms with E-state index in [0.29, 0.717) is 0 Å². The number of carbonyl (C=O) groups is 4. The number of ether oxygens (including phenoxy) is 1. The van der Waals surface area contributed by atoms with Crippen LogP contribution < -0.4 is 10.6 Å². The number of nitrogens with one attached hydrogen (secondary N) is 2. The van der Waals surface area contributed by atoms with Crippen molar-refractivity contribution in [3.05, 3.63) is 22.8 Å². The number of cyclic esters (lactones) is 1. The van der Waals surface area contributed by atoms with Gasteiger partial charge in [0.1, 0.15) is 30.2 Å². The van der Waals surface area contributed by atoms with Crippen LogP contribution in [0.2, 0.25) is 0 Å². The molecule has 1 aromatic carbocycles. The van der Waals surface area contributed by atoms with E-state index in [1.54, 1.807) is 0 Å². The first-order valence-electron chi connectivity index (χ1n) is 8.38. The van der Waals surface area contributed by atoms with Gasteiger partial charge in [0.2, 0.25) is 11.8 Å². The highest BCUT2D eigenvalue weighted by Gasteiger charge is 2.32. The lowest BCUT2D eigenvalue weighted by Crippen LogP contribution is -2.54. The first-order chi connectivity index (χ1) is 13.5. The lowest BCUT2D eigenvalue weighted by Gasteiger charge is -2.23. The molecule has 1 aromatic rings. The molecular formula is C17H20N2O9S. The fourth-order valence-corrected chi connectivity index (χ4v) is 4.07. The van der Waals surface area contributed by atoms with E-state index in [2.05, 4.69) is 10.6 Å². The van der Waals surface area contributed by atoms with E-state index < -0.39 is 76.2 Å². The molecule has 2 amide bonds. The second-order valence-electron chi connectivity index (χ2n) is 6.40. The molecule has 0 spiro atoms. The summed E-state index contributed by atoms with van der Waals surface area (Å²) in [5, 5.41) is 33.8. The highest BCUT2D eigenvalue weighted by molar-refractivity contribution is 7.84. The number of carbonyl (C=O) groups excluding carboxylic acids is 3. The molecular weight excluding hydrogens is 408 g/mol. The number of hydrogen-bond acceptors (Lipinski definition) is 8. The molecule has 29 heavy (non-hydrogen) atoms. The Balaban J connectivity index is 2.54. The molecule has 0 unspecified atom stereocenters. The molecule has 0 radical (unpaired) electrons. The van der Waals surface area contributed by atoms with Gasteiger partial charge in [-0.2, -0.15) is 0 Å². The van der Waals surface area contributed by atoms with Crippen LogP contribution in [0.15, 0.2) is 6.07 Å². The molecule has 1 aliphatic rings. The number of carboxylic acid groups (broad SMARTS) is 1. The normalized spacial score (nSPS) is 22.9. The number of carboxylic acids is 1. The lowest BCUT2D eigenvalue weighted by molar-refractivity contribution is -0.141. The molecule has 0 saturated heterocycles. The Morgan fingerprint density at radius 1 is 1.28 bits per heavy atom. The van der Waals surface area contributed by atoms with Crippen LogP contribution >= 0.6 is 0 Å². The van der Waals surface area contributed by atoms with Crippen LogP contribution in [0.25, 0.3) is 0 Å². The first kappa shape index (κ1) is 22.1. The van der Waals surface area contributed by atoms with E-state index in [0.717, 1.165) is 13.0 Å². The minimum atomic E-state index is -1.92. The fourth-order valence-electron chi connectivity index (χ4n) is 2.74. The number of phenolic OH excluding ortho intramolecular Hbond substituents is 2. The van der Waals surface area contributed by atoms with Crippen molar-refractivity contribution >= 4 is 34.6 Å². The van der Waals surface area contributed by atoms with Crippen LogP contribution in [0.5, 0.6) is 11.5 Å². The number of aliphatic carboxylic acids is 1. The molecule has 0 aliphatic carbocycles. The Bertz CT molecular complexity index is 899. The van der Waals surface area contributed by atoms with Crippen molar-refractivity contribution in [2.24, 2.45) is 0 Å². The summed E-state index contributed by atoms with van der Waals surface area (Å²) in [6.07, 6.45) is 0. The maximum Gasteiger partial charge on any atom is 0.339 e. The second-order valence-corrected chi connectivity index (χ2v) is 7.90. The number of esters is 1. The maximum atomic E-state index is 12.6. The number of fused-ring (bicyclic) bond motifs is 1. The van der Waals surface area contributed by atoms with E-state index in [1.807, 2.05) is 0 Å². The minimum absolute atomic E-state index is 0.0483. The Hall–Kier alpha value is -3.15. The summed E-state index contributed by atoms with van der Waals surface area (Å²) in [6, 6.07) is -1.97. The van der Waals surface area contributed by atoms with Gasteiger partial charge in [-0.25, -0.2) is 9.59 Å². The van der Waals surface area contributed by atoms with Crippen molar-refractivity contribution in [2.75, 3.05) is 12.4 Å². The van der Waals surface area contributed by atoms with Crippen LogP contribution in [-0.2, 0) is 35.7 Å². The number of amides is 2. The molecule has 0 saturated carbocycles. The molecule has 5 N–H and O–H groups in total. The van der Waals surface area contributed by atoms with E-state index >= 15 is 0 Å². The van der Waals surface area contributed by atoms with Crippen molar-refractivity contribution in [3.8, 4) is 11.5 Å². The van der Waals surface area contributed by atoms with E-state index in [4.69, 9.17) is 4.74 Å². The number of rotatable bonds is 2. The van der Waals surface area contributed by atoms with Gasteiger partial charge in [0.25, 0.3) is 0 Å². The molecule has 0 fully saturated rings. The smallest absolute Gasteiger partial charge is 0.339 e. The minimum Gasteiger partial charge on any atom is -0.508 e. The topological polar surface area (TPSA) is 179 Å². The SMILES string of the molecule is CC(=O)N[C@H]1COC(=O)c2c(C)c(O)cc(O)c2C[S@](=O)C[C@@H](C(=O)O)NC1=O. The van der Waals surface area contributed by atoms with Gasteiger partial charge in [0, 0.05) is 34.9 Å². The summed E-state index contributed by atoms with van der Waals surface area (Å²) in [4.78, 5) is 47.7. The van der Waals surface area contributed by atoms with Crippen LogP contribution in [0.4, 0.5) is 0 Å². The van der Waals surface area contributed by atoms with Gasteiger partial charge in [-0.15, -0.1) is 0 Å². The van der Waals surface area contributed by atoms with Crippen molar-refractivity contribution < 1.29 is 43.4 Å². The monoisotopic (exact) mass is 428 g/mol. The molecule has 11 nitrogen and oxygen atoms in total. The Labute approximate surface area is 167 Å². The van der Waals surface area contributed by atoms with E-state index in [9.17, 15) is 38.7 Å². The summed E-state index contributed by atoms with van der Waals surface area (Å²) in [6.45, 7) is 1.86. The first-order valence-corrected chi connectivity index (χ1v) is 9.86. The standard InChI is InChI=1S/C17H20N2O9S/c1-7-12(21)3-13(22)9-5-29(27)6-11(16(24)25)19-15(23)10(18-8(2)20)4-28-17(26)14(7)9/h3,10-11,21-22H,4-6H2,1-2H3,(H,18,20)(H,19,23)(H,24,25)/t10-,11-,29-/m0/s1.